The van der Waals surface area contributed by atoms with Crippen molar-refractivity contribution >= 4 is 5.91 Å². The van der Waals surface area contributed by atoms with Gasteiger partial charge in [-0.1, -0.05) is 32.9 Å². The first kappa shape index (κ1) is 15.2. The van der Waals surface area contributed by atoms with Crippen LogP contribution in [0.15, 0.2) is 30.6 Å². The third-order valence-electron chi connectivity index (χ3n) is 3.27. The molecule has 6 nitrogen and oxygen atoms in total. The average Bonchev–Trinajstić information content (AvgIpc) is 2.97. The highest BCUT2D eigenvalue weighted by Crippen LogP contribution is 2.19. The Balaban J connectivity index is 2.05. The molecule has 1 aromatic carbocycles. The number of nitrogens with zero attached hydrogens (tertiary/aromatic N) is 2. The zero-order valence-electron chi connectivity index (χ0n) is 12.4. The van der Waals surface area contributed by atoms with Gasteiger partial charge in [0, 0.05) is 17.7 Å². The van der Waals surface area contributed by atoms with Crippen molar-refractivity contribution in [1.82, 2.24) is 20.5 Å². The first-order valence-corrected chi connectivity index (χ1v) is 6.80. The van der Waals surface area contributed by atoms with Crippen molar-refractivity contribution in [3.8, 4) is 11.4 Å². The van der Waals surface area contributed by atoms with Crippen LogP contribution in [0, 0.1) is 5.41 Å². The number of amides is 1. The molecule has 0 aliphatic carbocycles. The molecule has 1 atom stereocenters. The van der Waals surface area contributed by atoms with E-state index < -0.39 is 6.10 Å². The second kappa shape index (κ2) is 6.05. The van der Waals surface area contributed by atoms with Gasteiger partial charge in [-0.2, -0.15) is 5.10 Å². The van der Waals surface area contributed by atoms with Crippen LogP contribution in [0.2, 0.25) is 0 Å². The van der Waals surface area contributed by atoms with E-state index in [9.17, 15) is 9.90 Å². The van der Waals surface area contributed by atoms with Crippen molar-refractivity contribution < 1.29 is 9.90 Å². The zero-order chi connectivity index (χ0) is 15.5. The number of carbonyl (C=O) groups is 1. The summed E-state index contributed by atoms with van der Waals surface area (Å²) in [4.78, 5) is 16.2. The molecule has 0 aliphatic rings. The average molecular weight is 288 g/mol. The van der Waals surface area contributed by atoms with Crippen molar-refractivity contribution in [3.05, 3.63) is 36.2 Å². The van der Waals surface area contributed by atoms with E-state index >= 15 is 0 Å². The van der Waals surface area contributed by atoms with Crippen LogP contribution in [0.1, 0.15) is 31.1 Å². The van der Waals surface area contributed by atoms with Gasteiger partial charge in [0.2, 0.25) is 0 Å². The number of H-pyrrole nitrogens is 1. The minimum atomic E-state index is -0.598. The molecule has 1 heterocycles. The molecule has 1 aromatic heterocycles. The third-order valence-corrected chi connectivity index (χ3v) is 3.27. The second-order valence-electron chi connectivity index (χ2n) is 6.01. The second-order valence-corrected chi connectivity index (χ2v) is 6.01. The highest BCUT2D eigenvalue weighted by molar-refractivity contribution is 5.95. The number of aromatic amines is 1. The molecular weight excluding hydrogens is 268 g/mol. The Bertz CT molecular complexity index is 602. The summed E-state index contributed by atoms with van der Waals surface area (Å²) in [7, 11) is 0. The predicted octanol–water partition coefficient (Wildman–Crippen LogP) is 1.61. The van der Waals surface area contributed by atoms with Gasteiger partial charge in [-0.3, -0.25) is 9.89 Å². The smallest absolute Gasteiger partial charge is 0.251 e. The quantitative estimate of drug-likeness (QED) is 0.797. The monoisotopic (exact) mass is 288 g/mol. The number of nitrogens with one attached hydrogen (secondary N) is 2. The van der Waals surface area contributed by atoms with Crippen molar-refractivity contribution in [1.29, 1.82) is 0 Å². The van der Waals surface area contributed by atoms with E-state index in [0.717, 1.165) is 5.56 Å². The Morgan fingerprint density at radius 1 is 1.43 bits per heavy atom. The van der Waals surface area contributed by atoms with Crippen molar-refractivity contribution in [3.63, 3.8) is 0 Å². The Kier molecular flexibility index (Phi) is 4.37. The van der Waals surface area contributed by atoms with E-state index in [1.54, 1.807) is 18.2 Å². The van der Waals surface area contributed by atoms with Gasteiger partial charge in [0.15, 0.2) is 5.82 Å². The fourth-order valence-corrected chi connectivity index (χ4v) is 1.75. The lowest BCUT2D eigenvalue weighted by Gasteiger charge is -2.25. The number of rotatable bonds is 4. The van der Waals surface area contributed by atoms with Crippen LogP contribution in [0.5, 0.6) is 0 Å². The fourth-order valence-electron chi connectivity index (χ4n) is 1.75. The maximum atomic E-state index is 12.1. The van der Waals surface area contributed by atoms with E-state index in [2.05, 4.69) is 20.5 Å². The molecule has 3 N–H and O–H groups in total. The molecule has 2 aromatic rings. The number of aromatic nitrogens is 3. The fraction of sp³-hybridized carbons (Fsp3) is 0.400. The number of aliphatic hydroxyl groups excluding tert-OH is 1. The summed E-state index contributed by atoms with van der Waals surface area (Å²) in [5.41, 5.74) is 1.04. The Hall–Kier alpha value is -2.21. The van der Waals surface area contributed by atoms with Gasteiger partial charge in [-0.15, -0.1) is 0 Å². The van der Waals surface area contributed by atoms with Gasteiger partial charge in [0.05, 0.1) is 6.10 Å². The molecule has 0 saturated carbocycles. The third kappa shape index (κ3) is 3.88. The number of carbonyl (C=O) groups excluding carboxylic acids is 1. The van der Waals surface area contributed by atoms with Gasteiger partial charge >= 0.3 is 0 Å². The molecule has 0 spiro atoms. The molecule has 0 aliphatic heterocycles. The summed E-state index contributed by atoms with van der Waals surface area (Å²) in [6.45, 7) is 5.99. The van der Waals surface area contributed by atoms with Crippen LogP contribution in [0.4, 0.5) is 0 Å². The SMILES string of the molecule is CC(C)(C)C(O)CNC(=O)c1cccc(-c2ncn[nH]2)c1. The summed E-state index contributed by atoms with van der Waals surface area (Å²) in [6.07, 6.45) is 0.820. The first-order valence-electron chi connectivity index (χ1n) is 6.80. The summed E-state index contributed by atoms with van der Waals surface area (Å²) < 4.78 is 0. The maximum absolute atomic E-state index is 12.1. The molecule has 0 radical (unpaired) electrons. The van der Waals surface area contributed by atoms with E-state index in [0.29, 0.717) is 11.4 Å². The predicted molar refractivity (Wildman–Crippen MR) is 79.6 cm³/mol. The summed E-state index contributed by atoms with van der Waals surface area (Å²) in [6, 6.07) is 7.09. The van der Waals surface area contributed by atoms with Crippen LogP contribution >= 0.6 is 0 Å². The normalized spacial score (nSPS) is 13.0. The van der Waals surface area contributed by atoms with Crippen molar-refractivity contribution in [2.75, 3.05) is 6.54 Å². The Labute approximate surface area is 123 Å². The van der Waals surface area contributed by atoms with E-state index in [4.69, 9.17) is 0 Å². The largest absolute Gasteiger partial charge is 0.391 e. The molecule has 0 bridgehead atoms. The maximum Gasteiger partial charge on any atom is 0.251 e. The van der Waals surface area contributed by atoms with Crippen LogP contribution in [-0.4, -0.2) is 38.8 Å². The molecular formula is C15H20N4O2. The Morgan fingerprint density at radius 3 is 2.81 bits per heavy atom. The molecule has 1 unspecified atom stereocenters. The molecule has 0 saturated heterocycles. The van der Waals surface area contributed by atoms with Gasteiger partial charge in [0.25, 0.3) is 5.91 Å². The first-order chi connectivity index (χ1) is 9.88. The number of benzene rings is 1. The number of hydrogen-bond donors (Lipinski definition) is 3. The minimum absolute atomic E-state index is 0.217. The van der Waals surface area contributed by atoms with Gasteiger partial charge < -0.3 is 10.4 Å². The van der Waals surface area contributed by atoms with Crippen LogP contribution < -0.4 is 5.32 Å². The summed E-state index contributed by atoms with van der Waals surface area (Å²) in [5.74, 6) is 0.388. The van der Waals surface area contributed by atoms with E-state index in [1.807, 2.05) is 26.8 Å². The molecule has 21 heavy (non-hydrogen) atoms. The van der Waals surface area contributed by atoms with Crippen molar-refractivity contribution in [2.24, 2.45) is 5.41 Å². The van der Waals surface area contributed by atoms with Crippen molar-refractivity contribution in [2.45, 2.75) is 26.9 Å². The van der Waals surface area contributed by atoms with E-state index in [-0.39, 0.29) is 17.9 Å². The molecule has 6 heteroatoms. The lowest BCUT2D eigenvalue weighted by Crippen LogP contribution is -2.39. The van der Waals surface area contributed by atoms with Crippen LogP contribution in [-0.2, 0) is 0 Å². The van der Waals surface area contributed by atoms with Gasteiger partial charge in [-0.05, 0) is 17.5 Å². The lowest BCUT2D eigenvalue weighted by molar-refractivity contribution is 0.0587. The topological polar surface area (TPSA) is 90.9 Å². The molecule has 0 fully saturated rings. The standard InChI is InChI=1S/C15H20N4O2/c1-15(2,3)12(20)8-16-14(21)11-6-4-5-10(7-11)13-17-9-18-19-13/h4-7,9,12,20H,8H2,1-3H3,(H,16,21)(H,17,18,19). The van der Waals surface area contributed by atoms with Gasteiger partial charge in [0.1, 0.15) is 6.33 Å². The zero-order valence-corrected chi connectivity index (χ0v) is 12.4. The summed E-state index contributed by atoms with van der Waals surface area (Å²) >= 11 is 0. The van der Waals surface area contributed by atoms with Gasteiger partial charge in [-0.25, -0.2) is 4.98 Å². The lowest BCUT2D eigenvalue weighted by atomic mass is 9.89. The molecule has 1 amide bonds. The van der Waals surface area contributed by atoms with Crippen LogP contribution in [0.25, 0.3) is 11.4 Å². The van der Waals surface area contributed by atoms with Crippen LogP contribution in [0.3, 0.4) is 0 Å². The minimum Gasteiger partial charge on any atom is -0.391 e. The van der Waals surface area contributed by atoms with E-state index in [1.165, 1.54) is 6.33 Å². The number of aliphatic hydroxyl groups is 1. The highest BCUT2D eigenvalue weighted by Gasteiger charge is 2.22. The highest BCUT2D eigenvalue weighted by atomic mass is 16.3. The number of hydrogen-bond acceptors (Lipinski definition) is 4. The molecule has 2 rings (SSSR count). The Morgan fingerprint density at radius 2 is 2.19 bits per heavy atom. The summed E-state index contributed by atoms with van der Waals surface area (Å²) in [5, 5.41) is 19.2. The molecule has 112 valence electrons.